The lowest BCUT2D eigenvalue weighted by molar-refractivity contribution is -0.137. The third kappa shape index (κ3) is 2.25. The summed E-state index contributed by atoms with van der Waals surface area (Å²) in [4.78, 5) is 10.9. The zero-order valence-electron chi connectivity index (χ0n) is 8.20. The van der Waals surface area contributed by atoms with E-state index in [4.69, 9.17) is 7.11 Å². The van der Waals surface area contributed by atoms with Crippen molar-refractivity contribution in [2.45, 2.75) is 20.3 Å². The molecule has 0 amide bonds. The van der Waals surface area contributed by atoms with E-state index in [0.717, 1.165) is 16.7 Å². The Balaban J connectivity index is 2.95. The van der Waals surface area contributed by atoms with Crippen LogP contribution >= 0.6 is 0 Å². The van der Waals surface area contributed by atoms with Crippen molar-refractivity contribution in [3.63, 3.8) is 0 Å². The summed E-state index contributed by atoms with van der Waals surface area (Å²) in [5, 5.41) is 9.48. The lowest BCUT2D eigenvalue weighted by atomic mass is 10.0. The third-order valence-corrected chi connectivity index (χ3v) is 2.03. The Morgan fingerprint density at radius 3 is 2.36 bits per heavy atom. The molecule has 0 fully saturated rings. The average molecular weight is 192 g/mol. The number of aromatic hydroxyl groups is 1. The van der Waals surface area contributed by atoms with Gasteiger partial charge < -0.3 is 9.84 Å². The van der Waals surface area contributed by atoms with Gasteiger partial charge in [-0.3, -0.25) is 4.79 Å². The van der Waals surface area contributed by atoms with Crippen molar-refractivity contribution in [1.82, 2.24) is 0 Å². The van der Waals surface area contributed by atoms with Gasteiger partial charge in [-0.25, -0.2) is 0 Å². The second-order valence-electron chi connectivity index (χ2n) is 3.24. The minimum absolute atomic E-state index is 0.123. The zero-order valence-corrected chi connectivity index (χ0v) is 8.20. The Morgan fingerprint density at radius 1 is 1.43 bits per heavy atom. The molecule has 0 saturated heterocycles. The highest BCUT2D eigenvalue weighted by Gasteiger charge is 2.07. The van der Waals surface area contributed by atoms with Gasteiger partial charge in [0.15, 0.2) is 7.11 Å². The fraction of sp³-hybridized carbons (Fsp3) is 0.273. The van der Waals surface area contributed by atoms with Crippen molar-refractivity contribution in [2.75, 3.05) is 0 Å². The van der Waals surface area contributed by atoms with Crippen LogP contribution in [0.1, 0.15) is 16.7 Å². The van der Waals surface area contributed by atoms with Crippen molar-refractivity contribution in [1.29, 1.82) is 0 Å². The first-order valence-corrected chi connectivity index (χ1v) is 4.23. The Labute approximate surface area is 83.3 Å². The highest BCUT2D eigenvalue weighted by molar-refractivity contribution is 5.73. The highest BCUT2D eigenvalue weighted by atomic mass is 16.5. The summed E-state index contributed by atoms with van der Waals surface area (Å²) in [6.45, 7) is 3.55. The van der Waals surface area contributed by atoms with E-state index < -0.39 is 5.97 Å². The van der Waals surface area contributed by atoms with E-state index >= 15 is 0 Å². The van der Waals surface area contributed by atoms with Gasteiger partial charge in [0.2, 0.25) is 0 Å². The molecule has 0 unspecified atom stereocenters. The Hall–Kier alpha value is -1.51. The van der Waals surface area contributed by atoms with E-state index in [9.17, 15) is 9.90 Å². The number of esters is 1. The van der Waals surface area contributed by atoms with Gasteiger partial charge in [-0.2, -0.15) is 0 Å². The van der Waals surface area contributed by atoms with Crippen LogP contribution in [0, 0.1) is 21.0 Å². The minimum Gasteiger partial charge on any atom is -0.507 e. The van der Waals surface area contributed by atoms with Crippen LogP contribution in [0.3, 0.4) is 0 Å². The predicted octanol–water partition coefficient (Wildman–Crippen LogP) is 1.76. The van der Waals surface area contributed by atoms with E-state index in [2.05, 4.69) is 4.74 Å². The first kappa shape index (κ1) is 10.6. The number of carbonyl (C=O) groups is 1. The van der Waals surface area contributed by atoms with Gasteiger partial charge in [-0.05, 0) is 30.5 Å². The van der Waals surface area contributed by atoms with Crippen molar-refractivity contribution >= 4 is 5.97 Å². The fourth-order valence-corrected chi connectivity index (χ4v) is 1.36. The Morgan fingerprint density at radius 2 is 1.93 bits per heavy atom. The summed E-state index contributed by atoms with van der Waals surface area (Å²) < 4.78 is 4.06. The standard InChI is InChI=1S/C11H12O3/c1-7-4-9(6-10(12)14-3)5-8(2)11(7)13/h3-5,13H,6H2,1-2H3. The van der Waals surface area contributed by atoms with Crippen LogP contribution in [-0.4, -0.2) is 11.1 Å². The van der Waals surface area contributed by atoms with E-state index in [1.165, 1.54) is 0 Å². The quantitative estimate of drug-likeness (QED) is 0.726. The van der Waals surface area contributed by atoms with Crippen molar-refractivity contribution < 1.29 is 14.6 Å². The van der Waals surface area contributed by atoms with Gasteiger partial charge in [0, 0.05) is 0 Å². The summed E-state index contributed by atoms with van der Waals surface area (Å²) in [5.41, 5.74) is 2.27. The molecule has 0 spiro atoms. The maximum Gasteiger partial charge on any atom is 0.310 e. The molecule has 14 heavy (non-hydrogen) atoms. The van der Waals surface area contributed by atoms with E-state index in [1.54, 1.807) is 26.0 Å². The van der Waals surface area contributed by atoms with Gasteiger partial charge in [0.25, 0.3) is 0 Å². The monoisotopic (exact) mass is 192 g/mol. The fourth-order valence-electron chi connectivity index (χ4n) is 1.36. The zero-order chi connectivity index (χ0) is 10.7. The van der Waals surface area contributed by atoms with E-state index in [-0.39, 0.29) is 12.2 Å². The second-order valence-corrected chi connectivity index (χ2v) is 3.24. The molecule has 2 radical (unpaired) electrons. The molecule has 0 aromatic heterocycles. The van der Waals surface area contributed by atoms with Crippen LogP contribution in [0.25, 0.3) is 0 Å². The highest BCUT2D eigenvalue weighted by Crippen LogP contribution is 2.23. The van der Waals surface area contributed by atoms with Crippen LogP contribution in [-0.2, 0) is 16.0 Å². The largest absolute Gasteiger partial charge is 0.507 e. The van der Waals surface area contributed by atoms with E-state index in [0.29, 0.717) is 0 Å². The smallest absolute Gasteiger partial charge is 0.310 e. The number of hydrogen-bond acceptors (Lipinski definition) is 3. The maximum absolute atomic E-state index is 10.9. The second kappa shape index (κ2) is 4.13. The Kier molecular flexibility index (Phi) is 3.12. The molecular weight excluding hydrogens is 180 g/mol. The van der Waals surface area contributed by atoms with Crippen LogP contribution in [0.4, 0.5) is 0 Å². The first-order valence-electron chi connectivity index (χ1n) is 4.23. The minimum atomic E-state index is -0.491. The molecule has 0 aliphatic carbocycles. The molecule has 3 heteroatoms. The normalized spacial score (nSPS) is 9.93. The molecule has 1 N–H and O–H groups in total. The van der Waals surface area contributed by atoms with Gasteiger partial charge in [-0.1, -0.05) is 12.1 Å². The Bertz CT molecular complexity index is 333. The number of carbonyl (C=O) groups excluding carboxylic acids is 1. The lowest BCUT2D eigenvalue weighted by Crippen LogP contribution is -2.03. The molecule has 74 valence electrons. The molecule has 1 rings (SSSR count). The molecule has 0 aliphatic heterocycles. The van der Waals surface area contributed by atoms with Crippen LogP contribution in [0.15, 0.2) is 12.1 Å². The third-order valence-electron chi connectivity index (χ3n) is 2.03. The first-order chi connectivity index (χ1) is 6.54. The lowest BCUT2D eigenvalue weighted by Gasteiger charge is -2.06. The SMILES string of the molecule is [CH]OC(=O)Cc1cc(C)c(O)c(C)c1. The van der Waals surface area contributed by atoms with Gasteiger partial charge >= 0.3 is 5.97 Å². The van der Waals surface area contributed by atoms with Crippen LogP contribution in [0.5, 0.6) is 5.75 Å². The number of benzene rings is 1. The number of ether oxygens (including phenoxy) is 1. The van der Waals surface area contributed by atoms with E-state index in [1.807, 2.05) is 0 Å². The summed E-state index contributed by atoms with van der Waals surface area (Å²) in [5.74, 6) is -0.232. The maximum atomic E-state index is 10.9. The summed E-state index contributed by atoms with van der Waals surface area (Å²) in [7, 11) is 4.73. The number of aryl methyl sites for hydroxylation is 2. The number of phenolic OH excluding ortho intramolecular Hbond substituents is 1. The summed E-state index contributed by atoms with van der Waals surface area (Å²) in [6.07, 6.45) is 0.123. The van der Waals surface area contributed by atoms with Gasteiger partial charge in [0.1, 0.15) is 5.75 Å². The molecular formula is C11H12O3. The molecule has 1 aromatic carbocycles. The molecule has 1 aromatic rings. The number of hydrogen-bond donors (Lipinski definition) is 1. The molecule has 0 saturated carbocycles. The molecule has 0 aliphatic rings. The van der Waals surface area contributed by atoms with Crippen molar-refractivity contribution in [3.8, 4) is 5.75 Å². The molecule has 0 atom stereocenters. The van der Waals surface area contributed by atoms with Crippen molar-refractivity contribution in [3.05, 3.63) is 35.9 Å². The number of rotatable bonds is 2. The predicted molar refractivity (Wildman–Crippen MR) is 51.7 cm³/mol. The number of phenols is 1. The molecule has 3 nitrogen and oxygen atoms in total. The van der Waals surface area contributed by atoms with Crippen LogP contribution < -0.4 is 0 Å². The molecule has 0 bridgehead atoms. The summed E-state index contributed by atoms with van der Waals surface area (Å²) in [6, 6.07) is 3.47. The van der Waals surface area contributed by atoms with Gasteiger partial charge in [-0.15, -0.1) is 0 Å². The van der Waals surface area contributed by atoms with Crippen LogP contribution in [0.2, 0.25) is 0 Å². The molecule has 0 heterocycles. The van der Waals surface area contributed by atoms with Crippen molar-refractivity contribution in [2.24, 2.45) is 0 Å². The topological polar surface area (TPSA) is 46.5 Å². The van der Waals surface area contributed by atoms with Gasteiger partial charge in [0.05, 0.1) is 6.42 Å². The average Bonchev–Trinajstić information content (AvgIpc) is 2.14. The summed E-state index contributed by atoms with van der Waals surface area (Å²) >= 11 is 0.